The molecule has 2 aromatic rings. The van der Waals surface area contributed by atoms with Crippen LogP contribution in [0.5, 0.6) is 0 Å². The van der Waals surface area contributed by atoms with Crippen molar-refractivity contribution in [1.82, 2.24) is 14.7 Å². The lowest BCUT2D eigenvalue weighted by Gasteiger charge is -2.43. The van der Waals surface area contributed by atoms with Crippen molar-refractivity contribution in [2.75, 3.05) is 25.5 Å². The number of benzene rings is 1. The zero-order chi connectivity index (χ0) is 19.2. The molecule has 0 N–H and O–H groups in total. The van der Waals surface area contributed by atoms with Gasteiger partial charge in [-0.3, -0.25) is 4.79 Å². The minimum absolute atomic E-state index is 0.0195. The fourth-order valence-corrected chi connectivity index (χ4v) is 5.81. The van der Waals surface area contributed by atoms with E-state index in [0.717, 1.165) is 16.9 Å². The number of aromatic nitrogens is 2. The zero-order valence-electron chi connectivity index (χ0n) is 15.5. The molecule has 1 amide bonds. The fraction of sp³-hybridized carbons (Fsp3) is 0.474. The van der Waals surface area contributed by atoms with E-state index in [4.69, 9.17) is 4.74 Å². The summed E-state index contributed by atoms with van der Waals surface area (Å²) in [6.07, 6.45) is 2.12. The van der Waals surface area contributed by atoms with Gasteiger partial charge in [0.2, 0.25) is 0 Å². The highest BCUT2D eigenvalue weighted by molar-refractivity contribution is 7.92. The van der Waals surface area contributed by atoms with Gasteiger partial charge >= 0.3 is 0 Å². The van der Waals surface area contributed by atoms with Crippen molar-refractivity contribution in [3.05, 3.63) is 47.3 Å². The maximum absolute atomic E-state index is 13.2. The van der Waals surface area contributed by atoms with E-state index in [9.17, 15) is 13.2 Å². The molecule has 0 spiro atoms. The molecule has 0 radical (unpaired) electrons. The Morgan fingerprint density at radius 1 is 1.30 bits per heavy atom. The van der Waals surface area contributed by atoms with Crippen LogP contribution in [0.25, 0.3) is 5.69 Å². The monoisotopic (exact) mass is 389 g/mol. The molecule has 0 saturated carbocycles. The van der Waals surface area contributed by atoms with E-state index in [1.807, 2.05) is 38.1 Å². The number of carbonyl (C=O) groups excluding carboxylic acids is 1. The molecule has 27 heavy (non-hydrogen) atoms. The van der Waals surface area contributed by atoms with Gasteiger partial charge in [0.15, 0.2) is 9.84 Å². The Hall–Kier alpha value is -2.19. The number of sulfone groups is 1. The Kier molecular flexibility index (Phi) is 4.55. The first-order valence-electron chi connectivity index (χ1n) is 9.10. The van der Waals surface area contributed by atoms with Crippen LogP contribution in [0, 0.1) is 13.8 Å². The Balaban J connectivity index is 1.65. The Morgan fingerprint density at radius 3 is 2.89 bits per heavy atom. The van der Waals surface area contributed by atoms with E-state index >= 15 is 0 Å². The first kappa shape index (κ1) is 18.2. The number of carbonyl (C=O) groups is 1. The summed E-state index contributed by atoms with van der Waals surface area (Å²) in [5, 5.41) is 3.77. The number of aryl methyl sites for hydroxylation is 1. The number of hydrogen-bond donors (Lipinski definition) is 0. The number of fused-ring (bicyclic) bond motifs is 1. The molecule has 0 bridgehead atoms. The molecule has 8 heteroatoms. The summed E-state index contributed by atoms with van der Waals surface area (Å²) >= 11 is 0. The summed E-state index contributed by atoms with van der Waals surface area (Å²) in [6.45, 7) is 4.73. The predicted octanol–water partition coefficient (Wildman–Crippen LogP) is 1.52. The quantitative estimate of drug-likeness (QED) is 0.778. The van der Waals surface area contributed by atoms with E-state index in [-0.39, 0.29) is 30.9 Å². The number of ether oxygens (including phenoxy) is 1. The number of hydrogen-bond acceptors (Lipinski definition) is 5. The van der Waals surface area contributed by atoms with Gasteiger partial charge in [0, 0.05) is 13.2 Å². The van der Waals surface area contributed by atoms with Crippen LogP contribution >= 0.6 is 0 Å². The van der Waals surface area contributed by atoms with Crippen LogP contribution in [0.15, 0.2) is 30.5 Å². The van der Waals surface area contributed by atoms with Gasteiger partial charge in [-0.2, -0.15) is 5.10 Å². The molecule has 1 aromatic carbocycles. The molecular weight excluding hydrogens is 366 g/mol. The molecule has 3 heterocycles. The normalized spacial score (nSPS) is 24.4. The molecule has 144 valence electrons. The highest BCUT2D eigenvalue weighted by Crippen LogP contribution is 2.28. The molecule has 2 aliphatic rings. The first-order valence-corrected chi connectivity index (χ1v) is 10.8. The van der Waals surface area contributed by atoms with Gasteiger partial charge in [-0.1, -0.05) is 12.1 Å². The Bertz CT molecular complexity index is 983. The second kappa shape index (κ2) is 6.76. The number of amides is 1. The molecule has 2 atom stereocenters. The molecule has 0 unspecified atom stereocenters. The molecule has 2 saturated heterocycles. The summed E-state index contributed by atoms with van der Waals surface area (Å²) in [5.41, 5.74) is 3.28. The zero-order valence-corrected chi connectivity index (χ0v) is 16.3. The van der Waals surface area contributed by atoms with E-state index in [0.29, 0.717) is 18.6 Å². The number of rotatable bonds is 2. The molecule has 1 aromatic heterocycles. The summed E-state index contributed by atoms with van der Waals surface area (Å²) in [7, 11) is -3.22. The van der Waals surface area contributed by atoms with E-state index in [2.05, 4.69) is 5.10 Å². The third-order valence-corrected chi connectivity index (χ3v) is 7.62. The van der Waals surface area contributed by atoms with Gasteiger partial charge in [0.25, 0.3) is 5.91 Å². The molecule has 2 aliphatic heterocycles. The summed E-state index contributed by atoms with van der Waals surface area (Å²) in [5.74, 6) is -0.174. The Labute approximate surface area is 158 Å². The van der Waals surface area contributed by atoms with Crippen LogP contribution in [-0.4, -0.2) is 65.8 Å². The SMILES string of the molecule is Cc1cccc(-n2ncc(C(=O)N3CCS(=O)(=O)[C@H]4COCC[C@H]43)c2C)c1. The van der Waals surface area contributed by atoms with Gasteiger partial charge in [0.05, 0.1) is 41.5 Å². The van der Waals surface area contributed by atoms with Crippen LogP contribution in [0.2, 0.25) is 0 Å². The second-order valence-corrected chi connectivity index (χ2v) is 9.57. The molecule has 7 nitrogen and oxygen atoms in total. The largest absolute Gasteiger partial charge is 0.380 e. The van der Waals surface area contributed by atoms with Crippen LogP contribution in [0.3, 0.4) is 0 Å². The molecule has 4 rings (SSSR count). The van der Waals surface area contributed by atoms with Crippen molar-refractivity contribution in [1.29, 1.82) is 0 Å². The van der Waals surface area contributed by atoms with Gasteiger partial charge in [-0.25, -0.2) is 13.1 Å². The highest BCUT2D eigenvalue weighted by Gasteiger charge is 2.45. The lowest BCUT2D eigenvalue weighted by molar-refractivity contribution is 0.0293. The van der Waals surface area contributed by atoms with E-state index in [1.54, 1.807) is 15.8 Å². The minimum atomic E-state index is -3.22. The smallest absolute Gasteiger partial charge is 0.257 e. The van der Waals surface area contributed by atoms with Gasteiger partial charge in [-0.05, 0) is 38.0 Å². The maximum atomic E-state index is 13.2. The van der Waals surface area contributed by atoms with Crippen molar-refractivity contribution >= 4 is 15.7 Å². The highest BCUT2D eigenvalue weighted by atomic mass is 32.2. The average Bonchev–Trinajstić information content (AvgIpc) is 3.03. The van der Waals surface area contributed by atoms with Crippen molar-refractivity contribution in [3.8, 4) is 5.69 Å². The molecular formula is C19H23N3O4S. The lowest BCUT2D eigenvalue weighted by atomic mass is 10.0. The Morgan fingerprint density at radius 2 is 2.11 bits per heavy atom. The van der Waals surface area contributed by atoms with Crippen molar-refractivity contribution in [3.63, 3.8) is 0 Å². The summed E-state index contributed by atoms with van der Waals surface area (Å²) in [6, 6.07) is 7.59. The first-order chi connectivity index (χ1) is 12.9. The third kappa shape index (κ3) is 3.17. The van der Waals surface area contributed by atoms with Gasteiger partial charge in [0.1, 0.15) is 5.25 Å². The predicted molar refractivity (Wildman–Crippen MR) is 101 cm³/mol. The van der Waals surface area contributed by atoms with Crippen molar-refractivity contribution in [2.45, 2.75) is 31.6 Å². The van der Waals surface area contributed by atoms with Crippen LogP contribution in [0.1, 0.15) is 28.0 Å². The van der Waals surface area contributed by atoms with Crippen LogP contribution in [-0.2, 0) is 14.6 Å². The maximum Gasteiger partial charge on any atom is 0.257 e. The van der Waals surface area contributed by atoms with Crippen molar-refractivity contribution < 1.29 is 17.9 Å². The van der Waals surface area contributed by atoms with Crippen molar-refractivity contribution in [2.24, 2.45) is 0 Å². The molecule has 2 fully saturated rings. The van der Waals surface area contributed by atoms with Gasteiger partial charge < -0.3 is 9.64 Å². The van der Waals surface area contributed by atoms with Gasteiger partial charge in [-0.15, -0.1) is 0 Å². The van der Waals surface area contributed by atoms with E-state index in [1.165, 1.54) is 0 Å². The van der Waals surface area contributed by atoms with Crippen LogP contribution < -0.4 is 0 Å². The fourth-order valence-electron chi connectivity index (χ4n) is 3.99. The number of nitrogens with zero attached hydrogens (tertiary/aromatic N) is 3. The topological polar surface area (TPSA) is 81.5 Å². The third-order valence-electron chi connectivity index (χ3n) is 5.49. The average molecular weight is 389 g/mol. The van der Waals surface area contributed by atoms with Crippen LogP contribution in [0.4, 0.5) is 0 Å². The summed E-state index contributed by atoms with van der Waals surface area (Å²) in [4.78, 5) is 14.9. The minimum Gasteiger partial charge on any atom is -0.380 e. The standard InChI is InChI=1S/C19H23N3O4S/c1-13-4-3-5-15(10-13)22-14(2)16(11-20-22)19(23)21-7-9-27(24,25)18-12-26-8-6-17(18)21/h3-5,10-11,17-18H,6-9,12H2,1-2H3/t17-,18+/m1/s1. The molecule has 0 aliphatic carbocycles. The summed E-state index contributed by atoms with van der Waals surface area (Å²) < 4.78 is 31.9. The van der Waals surface area contributed by atoms with E-state index < -0.39 is 15.1 Å². The second-order valence-electron chi connectivity index (χ2n) is 7.23. The lowest BCUT2D eigenvalue weighted by Crippen LogP contribution is -2.60.